The smallest absolute Gasteiger partial charge is 0.221 e. The highest BCUT2D eigenvalue weighted by atomic mass is 16.5. The largest absolute Gasteiger partial charge is 0.507 e. The Morgan fingerprint density at radius 3 is 2.68 bits per heavy atom. The molecular formula is C20H25N5O3. The van der Waals surface area contributed by atoms with Crippen LogP contribution in [0.4, 0.5) is 11.8 Å². The van der Waals surface area contributed by atoms with Gasteiger partial charge in [0, 0.05) is 31.7 Å². The summed E-state index contributed by atoms with van der Waals surface area (Å²) < 4.78 is 11.1. The van der Waals surface area contributed by atoms with E-state index in [1.54, 1.807) is 25.4 Å². The summed E-state index contributed by atoms with van der Waals surface area (Å²) in [6, 6.07) is 3.56. The number of benzene rings is 1. The van der Waals surface area contributed by atoms with E-state index in [9.17, 15) is 5.11 Å². The van der Waals surface area contributed by atoms with Gasteiger partial charge in [-0.1, -0.05) is 12.2 Å². The Hall–Kier alpha value is -3.10. The van der Waals surface area contributed by atoms with Gasteiger partial charge in [0.2, 0.25) is 5.95 Å². The Labute approximate surface area is 163 Å². The third-order valence-electron chi connectivity index (χ3n) is 4.61. The molecule has 0 saturated heterocycles. The van der Waals surface area contributed by atoms with Gasteiger partial charge in [0.15, 0.2) is 0 Å². The minimum absolute atomic E-state index is 0.105. The van der Waals surface area contributed by atoms with Crippen molar-refractivity contribution in [1.82, 2.24) is 9.97 Å². The molecule has 0 amide bonds. The van der Waals surface area contributed by atoms with Crippen LogP contribution in [-0.4, -0.2) is 34.5 Å². The number of phenolic OH excluding ortho intramolecular Hbond substituents is 1. The summed E-state index contributed by atoms with van der Waals surface area (Å²) in [6.45, 7) is 2.35. The zero-order valence-corrected chi connectivity index (χ0v) is 16.0. The Kier molecular flexibility index (Phi) is 5.53. The Bertz CT molecular complexity index is 942. The fraction of sp³-hybridized carbons (Fsp3) is 0.300. The van der Waals surface area contributed by atoms with Crippen molar-refractivity contribution in [3.63, 3.8) is 0 Å². The first-order valence-electron chi connectivity index (χ1n) is 8.94. The number of aromatic nitrogens is 2. The van der Waals surface area contributed by atoms with Crippen molar-refractivity contribution in [2.24, 2.45) is 5.73 Å². The number of hydrogen-bond acceptors (Lipinski definition) is 8. The van der Waals surface area contributed by atoms with Gasteiger partial charge in [-0.3, -0.25) is 5.73 Å². The number of aromatic hydroxyl groups is 1. The SMILES string of the molecule is CCOc1cc(Cc2cnc(N)nc2N)cc(O)c1C1=CCC(N)(OC)C=C1. The van der Waals surface area contributed by atoms with Gasteiger partial charge < -0.3 is 26.0 Å². The lowest BCUT2D eigenvalue weighted by Gasteiger charge is -2.27. The Morgan fingerprint density at radius 2 is 2.07 bits per heavy atom. The van der Waals surface area contributed by atoms with E-state index in [2.05, 4.69) is 9.97 Å². The van der Waals surface area contributed by atoms with Gasteiger partial charge in [0.05, 0.1) is 12.2 Å². The fourth-order valence-corrected chi connectivity index (χ4v) is 3.08. The zero-order valence-electron chi connectivity index (χ0n) is 16.0. The highest BCUT2D eigenvalue weighted by Crippen LogP contribution is 2.39. The molecule has 3 rings (SSSR count). The molecule has 0 saturated carbocycles. The van der Waals surface area contributed by atoms with E-state index in [4.69, 9.17) is 26.7 Å². The highest BCUT2D eigenvalue weighted by Gasteiger charge is 2.25. The van der Waals surface area contributed by atoms with Crippen LogP contribution in [0.25, 0.3) is 5.57 Å². The third kappa shape index (κ3) is 4.08. The van der Waals surface area contributed by atoms with E-state index in [1.807, 2.05) is 25.1 Å². The van der Waals surface area contributed by atoms with Gasteiger partial charge in [-0.15, -0.1) is 0 Å². The lowest BCUT2D eigenvalue weighted by molar-refractivity contribution is 0.0399. The summed E-state index contributed by atoms with van der Waals surface area (Å²) in [5.74, 6) is 1.11. The van der Waals surface area contributed by atoms with Gasteiger partial charge in [-0.2, -0.15) is 4.98 Å². The van der Waals surface area contributed by atoms with Crippen LogP contribution in [0.15, 0.2) is 36.6 Å². The van der Waals surface area contributed by atoms with Crippen LogP contribution in [0.2, 0.25) is 0 Å². The highest BCUT2D eigenvalue weighted by molar-refractivity contribution is 5.83. The first-order valence-corrected chi connectivity index (χ1v) is 8.94. The van der Waals surface area contributed by atoms with Crippen molar-refractivity contribution < 1.29 is 14.6 Å². The normalized spacial score (nSPS) is 18.8. The summed E-state index contributed by atoms with van der Waals surface area (Å²) >= 11 is 0. The molecule has 1 heterocycles. The number of nitrogens with two attached hydrogens (primary N) is 3. The number of rotatable bonds is 6. The van der Waals surface area contributed by atoms with Crippen LogP contribution >= 0.6 is 0 Å². The topological polar surface area (TPSA) is 143 Å². The summed E-state index contributed by atoms with van der Waals surface area (Å²) in [7, 11) is 1.56. The van der Waals surface area contributed by atoms with E-state index in [1.165, 1.54) is 0 Å². The Balaban J connectivity index is 1.96. The van der Waals surface area contributed by atoms with Crippen molar-refractivity contribution in [2.45, 2.75) is 25.5 Å². The second kappa shape index (κ2) is 7.87. The first kappa shape index (κ1) is 19.7. The van der Waals surface area contributed by atoms with E-state index < -0.39 is 5.72 Å². The molecule has 7 N–H and O–H groups in total. The second-order valence-corrected chi connectivity index (χ2v) is 6.59. The van der Waals surface area contributed by atoms with Gasteiger partial charge in [0.1, 0.15) is 23.0 Å². The zero-order chi connectivity index (χ0) is 20.3. The fourth-order valence-electron chi connectivity index (χ4n) is 3.08. The van der Waals surface area contributed by atoms with Crippen LogP contribution in [0.3, 0.4) is 0 Å². The number of nitrogens with zero attached hydrogens (tertiary/aromatic N) is 2. The number of ether oxygens (including phenoxy) is 2. The predicted molar refractivity (Wildman–Crippen MR) is 109 cm³/mol. The summed E-state index contributed by atoms with van der Waals surface area (Å²) in [4.78, 5) is 7.95. The molecule has 1 aromatic carbocycles. The van der Waals surface area contributed by atoms with Crippen LogP contribution in [-0.2, 0) is 11.2 Å². The van der Waals surface area contributed by atoms with Crippen LogP contribution in [0.1, 0.15) is 30.0 Å². The van der Waals surface area contributed by atoms with Crippen LogP contribution in [0.5, 0.6) is 11.5 Å². The second-order valence-electron chi connectivity index (χ2n) is 6.59. The molecular weight excluding hydrogens is 358 g/mol. The van der Waals surface area contributed by atoms with Crippen molar-refractivity contribution in [2.75, 3.05) is 25.2 Å². The number of methoxy groups -OCH3 is 1. The van der Waals surface area contributed by atoms with Crippen LogP contribution in [0, 0.1) is 0 Å². The van der Waals surface area contributed by atoms with Crippen molar-refractivity contribution in [3.8, 4) is 11.5 Å². The molecule has 0 radical (unpaired) electrons. The van der Waals surface area contributed by atoms with E-state index in [0.29, 0.717) is 42.1 Å². The summed E-state index contributed by atoms with van der Waals surface area (Å²) in [5.41, 5.74) is 19.7. The van der Waals surface area contributed by atoms with Crippen molar-refractivity contribution in [3.05, 3.63) is 53.2 Å². The van der Waals surface area contributed by atoms with Gasteiger partial charge in [-0.05, 0) is 36.3 Å². The van der Waals surface area contributed by atoms with E-state index in [0.717, 1.165) is 11.1 Å². The maximum atomic E-state index is 10.7. The molecule has 0 bridgehead atoms. The molecule has 0 fully saturated rings. The Morgan fingerprint density at radius 1 is 1.29 bits per heavy atom. The number of phenols is 1. The number of hydrogen-bond donors (Lipinski definition) is 4. The molecule has 1 aromatic heterocycles. The molecule has 8 heteroatoms. The third-order valence-corrected chi connectivity index (χ3v) is 4.61. The molecule has 148 valence electrons. The number of allylic oxidation sites excluding steroid dienone is 2. The van der Waals surface area contributed by atoms with Crippen molar-refractivity contribution >= 4 is 17.3 Å². The average molecular weight is 383 g/mol. The van der Waals surface area contributed by atoms with Crippen molar-refractivity contribution in [1.29, 1.82) is 0 Å². The maximum Gasteiger partial charge on any atom is 0.221 e. The van der Waals surface area contributed by atoms with Gasteiger partial charge >= 0.3 is 0 Å². The molecule has 1 unspecified atom stereocenters. The monoisotopic (exact) mass is 383 g/mol. The molecule has 2 aromatic rings. The summed E-state index contributed by atoms with van der Waals surface area (Å²) in [5, 5.41) is 10.7. The molecule has 28 heavy (non-hydrogen) atoms. The quantitative estimate of drug-likeness (QED) is 0.555. The number of nitrogen functional groups attached to an aromatic ring is 2. The molecule has 0 spiro atoms. The molecule has 8 nitrogen and oxygen atoms in total. The maximum absolute atomic E-state index is 10.7. The lowest BCUT2D eigenvalue weighted by Crippen LogP contribution is -2.40. The molecule has 1 atom stereocenters. The minimum Gasteiger partial charge on any atom is -0.507 e. The van der Waals surface area contributed by atoms with Crippen LogP contribution < -0.4 is 21.9 Å². The molecule has 1 aliphatic rings. The first-order chi connectivity index (χ1) is 13.3. The number of anilines is 2. The molecule has 1 aliphatic carbocycles. The predicted octanol–water partition coefficient (Wildman–Crippen LogP) is 1.98. The van der Waals surface area contributed by atoms with Gasteiger partial charge in [0.25, 0.3) is 0 Å². The van der Waals surface area contributed by atoms with Gasteiger partial charge in [-0.25, -0.2) is 4.98 Å². The standard InChI is InChI=1S/C20H25N5O3/c1-3-28-16-10-12(8-14-11-24-19(22)25-18(14)21)9-15(26)17(16)13-4-6-20(23,27-2)7-5-13/h4-6,9-11,26H,3,7-8,23H2,1-2H3,(H4,21,22,24,25). The van der Waals surface area contributed by atoms with E-state index >= 15 is 0 Å². The minimum atomic E-state index is -0.836. The van der Waals surface area contributed by atoms with E-state index in [-0.39, 0.29) is 11.7 Å². The summed E-state index contributed by atoms with van der Waals surface area (Å²) in [6.07, 6.45) is 8.03. The molecule has 0 aliphatic heterocycles. The average Bonchev–Trinajstić information content (AvgIpc) is 2.65. The lowest BCUT2D eigenvalue weighted by atomic mass is 9.92.